The lowest BCUT2D eigenvalue weighted by Gasteiger charge is -2.26. The van der Waals surface area contributed by atoms with Gasteiger partial charge in [-0.15, -0.1) is 0 Å². The second-order valence-corrected chi connectivity index (χ2v) is 4.70. The van der Waals surface area contributed by atoms with Gasteiger partial charge in [0, 0.05) is 25.7 Å². The van der Waals surface area contributed by atoms with Crippen molar-refractivity contribution in [3.05, 3.63) is 29.8 Å². The highest BCUT2D eigenvalue weighted by atomic mass is 16.5. The van der Waals surface area contributed by atoms with Crippen LogP contribution in [0.5, 0.6) is 5.75 Å². The van der Waals surface area contributed by atoms with Crippen LogP contribution in [0, 0.1) is 0 Å². The molecular weight excluding hydrogens is 252 g/mol. The molecule has 0 fully saturated rings. The van der Waals surface area contributed by atoms with Gasteiger partial charge in [-0.3, -0.25) is 4.90 Å². The Morgan fingerprint density at radius 1 is 1.20 bits per heavy atom. The first kappa shape index (κ1) is 17.0. The fraction of sp³-hybridized carbons (Fsp3) is 0.625. The van der Waals surface area contributed by atoms with Crippen LogP contribution in [0.15, 0.2) is 24.3 Å². The maximum Gasteiger partial charge on any atom is 0.118 e. The number of methoxy groups -OCH3 is 1. The standard InChI is InChI=1S/C16H28N2O2/c1-5-18(11-12-20-6-2)13-16(17-3)14-7-9-15(19-4)10-8-14/h7-10,16-17H,5-6,11-13H2,1-4H3. The van der Waals surface area contributed by atoms with E-state index in [2.05, 4.69) is 29.3 Å². The number of hydrogen-bond donors (Lipinski definition) is 1. The fourth-order valence-corrected chi connectivity index (χ4v) is 2.17. The molecule has 0 aliphatic carbocycles. The van der Waals surface area contributed by atoms with E-state index in [-0.39, 0.29) is 0 Å². The van der Waals surface area contributed by atoms with E-state index >= 15 is 0 Å². The Balaban J connectivity index is 2.58. The van der Waals surface area contributed by atoms with Crippen LogP contribution >= 0.6 is 0 Å². The lowest BCUT2D eigenvalue weighted by atomic mass is 10.1. The minimum absolute atomic E-state index is 0.322. The molecule has 0 heterocycles. The van der Waals surface area contributed by atoms with Gasteiger partial charge >= 0.3 is 0 Å². The maximum absolute atomic E-state index is 5.44. The predicted molar refractivity (Wildman–Crippen MR) is 83.4 cm³/mol. The Bertz CT molecular complexity index is 354. The Labute approximate surface area is 123 Å². The Morgan fingerprint density at radius 2 is 1.90 bits per heavy atom. The zero-order valence-corrected chi connectivity index (χ0v) is 13.2. The van der Waals surface area contributed by atoms with E-state index in [1.54, 1.807) is 7.11 Å². The molecule has 0 bridgehead atoms. The summed E-state index contributed by atoms with van der Waals surface area (Å²) in [6, 6.07) is 8.58. The molecular formula is C16H28N2O2. The van der Waals surface area contributed by atoms with Crippen LogP contribution < -0.4 is 10.1 Å². The minimum Gasteiger partial charge on any atom is -0.497 e. The summed E-state index contributed by atoms with van der Waals surface area (Å²) in [4.78, 5) is 2.40. The summed E-state index contributed by atoms with van der Waals surface area (Å²) in [5.74, 6) is 0.896. The molecule has 0 saturated heterocycles. The SMILES string of the molecule is CCOCCN(CC)CC(NC)c1ccc(OC)cc1. The minimum atomic E-state index is 0.322. The number of hydrogen-bond acceptors (Lipinski definition) is 4. The molecule has 4 heteroatoms. The topological polar surface area (TPSA) is 33.7 Å². The summed E-state index contributed by atoms with van der Waals surface area (Å²) in [6.07, 6.45) is 0. The van der Waals surface area contributed by atoms with Gasteiger partial charge in [0.25, 0.3) is 0 Å². The maximum atomic E-state index is 5.44. The third-order valence-corrected chi connectivity index (χ3v) is 3.51. The summed E-state index contributed by atoms with van der Waals surface area (Å²) < 4.78 is 10.6. The molecule has 1 aromatic rings. The third kappa shape index (κ3) is 5.49. The van der Waals surface area contributed by atoms with Crippen molar-refractivity contribution < 1.29 is 9.47 Å². The molecule has 1 aromatic carbocycles. The number of rotatable bonds is 10. The lowest BCUT2D eigenvalue weighted by Crippen LogP contribution is -2.35. The van der Waals surface area contributed by atoms with E-state index in [0.717, 1.165) is 38.6 Å². The highest BCUT2D eigenvalue weighted by molar-refractivity contribution is 5.29. The molecule has 1 rings (SSSR count). The average Bonchev–Trinajstić information content (AvgIpc) is 2.51. The monoisotopic (exact) mass is 280 g/mol. The molecule has 0 amide bonds. The molecule has 0 aliphatic heterocycles. The van der Waals surface area contributed by atoms with E-state index in [4.69, 9.17) is 9.47 Å². The van der Waals surface area contributed by atoms with Crippen molar-refractivity contribution in [1.29, 1.82) is 0 Å². The summed E-state index contributed by atoms with van der Waals surface area (Å²) in [7, 11) is 3.70. The zero-order chi connectivity index (χ0) is 14.8. The average molecular weight is 280 g/mol. The van der Waals surface area contributed by atoms with Crippen LogP contribution in [-0.4, -0.2) is 51.9 Å². The van der Waals surface area contributed by atoms with Crippen molar-refractivity contribution in [2.75, 3.05) is 47.0 Å². The summed E-state index contributed by atoms with van der Waals surface area (Å²) in [6.45, 7) is 8.78. The molecule has 1 atom stereocenters. The molecule has 114 valence electrons. The van der Waals surface area contributed by atoms with E-state index in [1.165, 1.54) is 5.56 Å². The van der Waals surface area contributed by atoms with Crippen LogP contribution in [0.1, 0.15) is 25.5 Å². The second kappa shape index (κ2) is 9.75. The molecule has 1 N–H and O–H groups in total. The first-order valence-corrected chi connectivity index (χ1v) is 7.36. The van der Waals surface area contributed by atoms with Gasteiger partial charge in [-0.2, -0.15) is 0 Å². The van der Waals surface area contributed by atoms with Gasteiger partial charge in [0.05, 0.1) is 13.7 Å². The molecule has 20 heavy (non-hydrogen) atoms. The second-order valence-electron chi connectivity index (χ2n) is 4.70. The Kier molecular flexibility index (Phi) is 8.26. The van der Waals surface area contributed by atoms with Gasteiger partial charge in [0.15, 0.2) is 0 Å². The van der Waals surface area contributed by atoms with Gasteiger partial charge in [-0.05, 0) is 38.2 Å². The zero-order valence-electron chi connectivity index (χ0n) is 13.2. The highest BCUT2D eigenvalue weighted by Crippen LogP contribution is 2.18. The molecule has 0 spiro atoms. The van der Waals surface area contributed by atoms with Crippen molar-refractivity contribution >= 4 is 0 Å². The van der Waals surface area contributed by atoms with Crippen LogP contribution in [0.25, 0.3) is 0 Å². The van der Waals surface area contributed by atoms with Gasteiger partial charge in [0.1, 0.15) is 5.75 Å². The van der Waals surface area contributed by atoms with Crippen LogP contribution in [0.2, 0.25) is 0 Å². The summed E-state index contributed by atoms with van der Waals surface area (Å²) in [5, 5.41) is 3.39. The largest absolute Gasteiger partial charge is 0.497 e. The first-order valence-electron chi connectivity index (χ1n) is 7.36. The van der Waals surface area contributed by atoms with Crippen molar-refractivity contribution in [3.8, 4) is 5.75 Å². The van der Waals surface area contributed by atoms with Gasteiger partial charge in [0.2, 0.25) is 0 Å². The van der Waals surface area contributed by atoms with E-state index < -0.39 is 0 Å². The van der Waals surface area contributed by atoms with Crippen LogP contribution in [-0.2, 0) is 4.74 Å². The highest BCUT2D eigenvalue weighted by Gasteiger charge is 2.13. The molecule has 0 aromatic heterocycles. The smallest absolute Gasteiger partial charge is 0.118 e. The van der Waals surface area contributed by atoms with Crippen LogP contribution in [0.3, 0.4) is 0 Å². The van der Waals surface area contributed by atoms with Gasteiger partial charge in [-0.25, -0.2) is 0 Å². The third-order valence-electron chi connectivity index (χ3n) is 3.51. The summed E-state index contributed by atoms with van der Waals surface area (Å²) in [5.41, 5.74) is 1.28. The predicted octanol–water partition coefficient (Wildman–Crippen LogP) is 2.31. The van der Waals surface area contributed by atoms with Gasteiger partial charge < -0.3 is 14.8 Å². The molecule has 0 radical (unpaired) electrons. The first-order chi connectivity index (χ1) is 9.74. The lowest BCUT2D eigenvalue weighted by molar-refractivity contribution is 0.111. The molecule has 0 aliphatic rings. The number of nitrogens with one attached hydrogen (secondary N) is 1. The van der Waals surface area contributed by atoms with Crippen LogP contribution in [0.4, 0.5) is 0 Å². The normalized spacial score (nSPS) is 12.7. The Hall–Kier alpha value is -1.10. The number of nitrogens with zero attached hydrogens (tertiary/aromatic N) is 1. The number of ether oxygens (including phenoxy) is 2. The van der Waals surface area contributed by atoms with Crippen molar-refractivity contribution in [1.82, 2.24) is 10.2 Å². The summed E-state index contributed by atoms with van der Waals surface area (Å²) >= 11 is 0. The molecule has 4 nitrogen and oxygen atoms in total. The van der Waals surface area contributed by atoms with E-state index in [9.17, 15) is 0 Å². The number of benzene rings is 1. The molecule has 1 unspecified atom stereocenters. The number of likely N-dealkylation sites (N-methyl/N-ethyl adjacent to an activating group) is 2. The van der Waals surface area contributed by atoms with Crippen molar-refractivity contribution in [2.45, 2.75) is 19.9 Å². The van der Waals surface area contributed by atoms with E-state index in [0.29, 0.717) is 6.04 Å². The Morgan fingerprint density at radius 3 is 2.40 bits per heavy atom. The van der Waals surface area contributed by atoms with Gasteiger partial charge in [-0.1, -0.05) is 19.1 Å². The van der Waals surface area contributed by atoms with E-state index in [1.807, 2.05) is 26.1 Å². The van der Waals surface area contributed by atoms with Crippen molar-refractivity contribution in [3.63, 3.8) is 0 Å². The quantitative estimate of drug-likeness (QED) is 0.667. The molecule has 0 saturated carbocycles. The fourth-order valence-electron chi connectivity index (χ4n) is 2.17. The van der Waals surface area contributed by atoms with Crippen molar-refractivity contribution in [2.24, 2.45) is 0 Å².